The van der Waals surface area contributed by atoms with Gasteiger partial charge in [0.05, 0.1) is 27.8 Å². The van der Waals surface area contributed by atoms with Crippen molar-refractivity contribution in [3.63, 3.8) is 0 Å². The van der Waals surface area contributed by atoms with Crippen LogP contribution in [0.1, 0.15) is 31.4 Å². The summed E-state index contributed by atoms with van der Waals surface area (Å²) in [5.74, 6) is -2.76. The molecule has 1 saturated carbocycles. The number of hydrogen-bond donors (Lipinski definition) is 1. The van der Waals surface area contributed by atoms with Gasteiger partial charge in [-0.05, 0) is 31.7 Å². The number of sulfone groups is 1. The molecule has 0 saturated heterocycles. The lowest BCUT2D eigenvalue weighted by Crippen LogP contribution is -2.27. The minimum absolute atomic E-state index is 0.0267. The molecule has 0 bridgehead atoms. The average Bonchev–Trinajstić information content (AvgIpc) is 3.42. The molecule has 1 N–H and O–H groups in total. The van der Waals surface area contributed by atoms with Crippen LogP contribution in [0.2, 0.25) is 0 Å². The summed E-state index contributed by atoms with van der Waals surface area (Å²) in [6, 6.07) is 13.8. The second kappa shape index (κ2) is 10.6. The Morgan fingerprint density at radius 2 is 1.73 bits per heavy atom. The molecule has 9 nitrogen and oxygen atoms in total. The Morgan fingerprint density at radius 1 is 1.10 bits per heavy atom. The van der Waals surface area contributed by atoms with Gasteiger partial charge in [-0.3, -0.25) is 9.78 Å². The lowest BCUT2D eigenvalue weighted by molar-refractivity contribution is -0.0471. The van der Waals surface area contributed by atoms with Gasteiger partial charge in [-0.15, -0.1) is 5.10 Å². The number of alkyl halides is 2. The van der Waals surface area contributed by atoms with E-state index in [1.807, 2.05) is 49.4 Å². The third-order valence-corrected chi connectivity index (χ3v) is 8.42. The van der Waals surface area contributed by atoms with Gasteiger partial charge in [0.25, 0.3) is 5.56 Å². The van der Waals surface area contributed by atoms with Gasteiger partial charge in [0.1, 0.15) is 10.4 Å². The number of aryl methyl sites for hydroxylation is 2. The maximum Gasteiger partial charge on any atom is 0.259 e. The fourth-order valence-corrected chi connectivity index (χ4v) is 6.18. The van der Waals surface area contributed by atoms with Crippen LogP contribution in [-0.4, -0.2) is 50.1 Å². The molecule has 0 unspecified atom stereocenters. The van der Waals surface area contributed by atoms with E-state index in [-0.39, 0.29) is 34.6 Å². The molecule has 1 aliphatic rings. The first-order valence-corrected chi connectivity index (χ1v) is 14.8. The van der Waals surface area contributed by atoms with Crippen molar-refractivity contribution in [3.05, 3.63) is 70.9 Å². The minimum Gasteiger partial charge on any atom is -0.338 e. The number of benzene rings is 1. The molecule has 0 aliphatic heterocycles. The van der Waals surface area contributed by atoms with Gasteiger partial charge in [-0.1, -0.05) is 41.6 Å². The quantitative estimate of drug-likeness (QED) is 0.330. The summed E-state index contributed by atoms with van der Waals surface area (Å²) in [6.07, 6.45) is 4.07. The lowest BCUT2D eigenvalue weighted by Gasteiger charge is -2.29. The number of aromatic nitrogens is 6. The van der Waals surface area contributed by atoms with Gasteiger partial charge >= 0.3 is 0 Å². The maximum absolute atomic E-state index is 13.8. The normalized spacial score (nSPS) is 15.7. The van der Waals surface area contributed by atoms with Gasteiger partial charge in [0.2, 0.25) is 5.92 Å². The van der Waals surface area contributed by atoms with E-state index < -0.39 is 21.3 Å². The Labute approximate surface area is 229 Å². The fourth-order valence-electron chi connectivity index (χ4n) is 5.35. The topological polar surface area (TPSA) is 116 Å². The van der Waals surface area contributed by atoms with Crippen molar-refractivity contribution in [1.29, 1.82) is 0 Å². The van der Waals surface area contributed by atoms with Crippen LogP contribution >= 0.6 is 0 Å². The molecule has 0 spiro atoms. The smallest absolute Gasteiger partial charge is 0.259 e. The SMILES string of the molecule is Cc1nnn(C)c1-c1cnc2c3c(=O)[nH]cc(S(C)(=O)=O)c3n(CC3CCC(F)(F)CC3)c2c1.c1ccccc1. The van der Waals surface area contributed by atoms with Crippen molar-refractivity contribution in [2.75, 3.05) is 6.26 Å². The third kappa shape index (κ3) is 5.40. The van der Waals surface area contributed by atoms with Gasteiger partial charge in [-0.2, -0.15) is 0 Å². The first-order chi connectivity index (χ1) is 19.0. The highest BCUT2D eigenvalue weighted by Crippen LogP contribution is 2.39. The summed E-state index contributed by atoms with van der Waals surface area (Å²) in [6.45, 7) is 2.12. The molecule has 4 aromatic heterocycles. The summed E-state index contributed by atoms with van der Waals surface area (Å²) >= 11 is 0. The number of hydrogen-bond acceptors (Lipinski definition) is 6. The van der Waals surface area contributed by atoms with E-state index in [9.17, 15) is 22.0 Å². The van der Waals surface area contributed by atoms with E-state index in [0.717, 1.165) is 11.9 Å². The fraction of sp³-hybridized carbons (Fsp3) is 0.357. The molecule has 6 rings (SSSR count). The van der Waals surface area contributed by atoms with E-state index >= 15 is 0 Å². The van der Waals surface area contributed by atoms with Gasteiger partial charge in [0, 0.05) is 50.6 Å². The van der Waals surface area contributed by atoms with Crippen molar-refractivity contribution in [2.45, 2.75) is 50.0 Å². The van der Waals surface area contributed by atoms with Gasteiger partial charge in [0.15, 0.2) is 9.84 Å². The molecule has 0 amide bonds. The Balaban J connectivity index is 0.000000477. The second-order valence-corrected chi connectivity index (χ2v) is 12.3. The number of halogens is 2. The van der Waals surface area contributed by atoms with Crippen LogP contribution in [0.15, 0.2) is 64.5 Å². The third-order valence-electron chi connectivity index (χ3n) is 7.31. The van der Waals surface area contributed by atoms with Crippen LogP contribution in [0.3, 0.4) is 0 Å². The predicted molar refractivity (Wildman–Crippen MR) is 149 cm³/mol. The summed E-state index contributed by atoms with van der Waals surface area (Å²) in [5.41, 5.74) is 2.85. The largest absolute Gasteiger partial charge is 0.338 e. The highest BCUT2D eigenvalue weighted by atomic mass is 32.2. The van der Waals surface area contributed by atoms with Crippen LogP contribution < -0.4 is 5.56 Å². The number of nitrogens with zero attached hydrogens (tertiary/aromatic N) is 5. The average molecular weight is 569 g/mol. The molecule has 4 heterocycles. The van der Waals surface area contributed by atoms with Crippen molar-refractivity contribution >= 4 is 31.8 Å². The molecular formula is C28H30F2N6O3S. The van der Waals surface area contributed by atoms with Crippen LogP contribution in [0, 0.1) is 12.8 Å². The van der Waals surface area contributed by atoms with Crippen molar-refractivity contribution in [1.82, 2.24) is 29.5 Å². The van der Waals surface area contributed by atoms with Crippen LogP contribution in [0.25, 0.3) is 33.2 Å². The molecule has 12 heteroatoms. The number of H-pyrrole nitrogens is 1. The number of pyridine rings is 2. The summed E-state index contributed by atoms with van der Waals surface area (Å²) < 4.78 is 56.2. The van der Waals surface area contributed by atoms with Crippen LogP contribution in [-0.2, 0) is 23.4 Å². The molecule has 1 fully saturated rings. The Kier molecular flexibility index (Phi) is 7.30. The summed E-state index contributed by atoms with van der Waals surface area (Å²) in [5, 5.41) is 8.28. The minimum atomic E-state index is -3.71. The number of aromatic amines is 1. The van der Waals surface area contributed by atoms with Crippen molar-refractivity contribution < 1.29 is 17.2 Å². The van der Waals surface area contributed by atoms with Gasteiger partial charge < -0.3 is 9.55 Å². The van der Waals surface area contributed by atoms with E-state index in [4.69, 9.17) is 0 Å². The zero-order valence-electron chi connectivity index (χ0n) is 22.4. The second-order valence-electron chi connectivity index (χ2n) is 10.3. The van der Waals surface area contributed by atoms with E-state index in [0.29, 0.717) is 41.7 Å². The number of rotatable bonds is 4. The molecule has 40 heavy (non-hydrogen) atoms. The maximum atomic E-state index is 13.8. The van der Waals surface area contributed by atoms with E-state index in [1.54, 1.807) is 22.5 Å². The zero-order valence-corrected chi connectivity index (χ0v) is 23.3. The molecule has 1 aliphatic carbocycles. The molecular weight excluding hydrogens is 538 g/mol. The first-order valence-electron chi connectivity index (χ1n) is 12.9. The highest BCUT2D eigenvalue weighted by Gasteiger charge is 2.35. The standard InChI is InChI=1S/C22H24F2N6O3S.C6H6/c1-12-19(29(2)28-27-12)14-8-15-18(25-9-14)17-20(16(34(3,32)33)10-26-21(17)31)30(15)11-13-4-6-22(23,24)7-5-13;1-2-4-6-5-3-1/h8-10,13H,4-7,11H2,1-3H3,(H,26,31);1-6H. The van der Waals surface area contributed by atoms with Gasteiger partial charge in [-0.25, -0.2) is 21.9 Å². The van der Waals surface area contributed by atoms with Crippen LogP contribution in [0.4, 0.5) is 8.78 Å². The van der Waals surface area contributed by atoms with Crippen molar-refractivity contribution in [3.8, 4) is 11.3 Å². The van der Waals surface area contributed by atoms with Crippen LogP contribution in [0.5, 0.6) is 0 Å². The zero-order chi connectivity index (χ0) is 28.7. The molecule has 0 radical (unpaired) electrons. The molecule has 210 valence electrons. The van der Waals surface area contributed by atoms with Crippen molar-refractivity contribution in [2.24, 2.45) is 13.0 Å². The highest BCUT2D eigenvalue weighted by molar-refractivity contribution is 7.91. The monoisotopic (exact) mass is 568 g/mol. The molecule has 5 aromatic rings. The summed E-state index contributed by atoms with van der Waals surface area (Å²) in [7, 11) is -1.95. The number of fused-ring (bicyclic) bond motifs is 3. The lowest BCUT2D eigenvalue weighted by atomic mass is 9.86. The Bertz CT molecular complexity index is 1790. The molecule has 0 atom stereocenters. The van der Waals surface area contributed by atoms with E-state index in [1.165, 1.54) is 6.20 Å². The first kappa shape index (κ1) is 27.6. The Hall–Kier alpha value is -3.93. The van der Waals surface area contributed by atoms with E-state index in [2.05, 4.69) is 20.3 Å². The summed E-state index contributed by atoms with van der Waals surface area (Å²) in [4.78, 5) is 19.9. The number of nitrogens with one attached hydrogen (secondary N) is 1. The Morgan fingerprint density at radius 3 is 2.27 bits per heavy atom. The molecule has 1 aromatic carbocycles. The predicted octanol–water partition coefficient (Wildman–Crippen LogP) is 4.90.